The summed E-state index contributed by atoms with van der Waals surface area (Å²) in [4.78, 5) is 22.1. The average Bonchev–Trinajstić information content (AvgIpc) is 3.26. The average molecular weight is 461 g/mol. The summed E-state index contributed by atoms with van der Waals surface area (Å²) in [5.41, 5.74) is 5.53. The zero-order valence-corrected chi connectivity index (χ0v) is 19.4. The highest BCUT2D eigenvalue weighted by Crippen LogP contribution is 2.24. The van der Waals surface area contributed by atoms with Crippen molar-refractivity contribution in [3.63, 3.8) is 0 Å². The molecular weight excluding hydrogens is 436 g/mol. The first-order valence-electron chi connectivity index (χ1n) is 11.3. The summed E-state index contributed by atoms with van der Waals surface area (Å²) in [5.74, 6) is 1.13. The van der Waals surface area contributed by atoms with Crippen LogP contribution in [0.4, 0.5) is 17.2 Å². The van der Waals surface area contributed by atoms with Gasteiger partial charge in [-0.25, -0.2) is 14.6 Å². The highest BCUT2D eigenvalue weighted by Gasteiger charge is 2.15. The lowest BCUT2D eigenvalue weighted by atomic mass is 10.1. The number of amides is 1. The van der Waals surface area contributed by atoms with Crippen LogP contribution < -0.4 is 10.6 Å². The van der Waals surface area contributed by atoms with Crippen molar-refractivity contribution in [1.82, 2.24) is 19.7 Å². The Morgan fingerprint density at radius 3 is 2.29 bits per heavy atom. The molecule has 172 valence electrons. The highest BCUT2D eigenvalue weighted by molar-refractivity contribution is 6.05. The van der Waals surface area contributed by atoms with Crippen molar-refractivity contribution in [3.05, 3.63) is 114 Å². The Morgan fingerprint density at radius 2 is 1.51 bits per heavy atom. The van der Waals surface area contributed by atoms with E-state index in [1.54, 1.807) is 10.9 Å². The zero-order valence-electron chi connectivity index (χ0n) is 19.4. The second kappa shape index (κ2) is 9.61. The van der Waals surface area contributed by atoms with Crippen molar-refractivity contribution in [2.45, 2.75) is 13.8 Å². The molecule has 0 aliphatic rings. The molecule has 0 bridgehead atoms. The lowest BCUT2D eigenvalue weighted by molar-refractivity contribution is 0.102. The molecule has 1 amide bonds. The molecule has 5 aromatic rings. The fourth-order valence-corrected chi connectivity index (χ4v) is 3.87. The molecule has 3 aromatic carbocycles. The van der Waals surface area contributed by atoms with Crippen molar-refractivity contribution in [1.29, 1.82) is 0 Å². The standard InChI is InChI=1S/C28H24N6O/c1-19-25(18-29-34(19)24-14-7-4-8-15-24)28(35)33-23-13-9-12-22(16-23)32-27-17-26(30-20(2)31-27)21-10-5-3-6-11-21/h3-18H,1-2H3,(H,33,35)(H,30,31,32). The molecule has 0 saturated carbocycles. The molecular formula is C28H24N6O. The first-order chi connectivity index (χ1) is 17.1. The van der Waals surface area contributed by atoms with Gasteiger partial charge in [-0.3, -0.25) is 4.79 Å². The van der Waals surface area contributed by atoms with Crippen LogP contribution in [0.25, 0.3) is 16.9 Å². The van der Waals surface area contributed by atoms with Crippen LogP contribution in [0.2, 0.25) is 0 Å². The lowest BCUT2D eigenvalue weighted by Crippen LogP contribution is -2.13. The smallest absolute Gasteiger partial charge is 0.259 e. The van der Waals surface area contributed by atoms with E-state index in [-0.39, 0.29) is 5.91 Å². The molecule has 7 heteroatoms. The van der Waals surface area contributed by atoms with E-state index in [0.717, 1.165) is 28.3 Å². The predicted molar refractivity (Wildman–Crippen MR) is 138 cm³/mol. The van der Waals surface area contributed by atoms with Crippen molar-refractivity contribution in [2.24, 2.45) is 0 Å². The van der Waals surface area contributed by atoms with Gasteiger partial charge in [0.1, 0.15) is 11.6 Å². The van der Waals surface area contributed by atoms with Crippen LogP contribution in [0, 0.1) is 13.8 Å². The summed E-state index contributed by atoms with van der Waals surface area (Å²) in [7, 11) is 0. The third-order valence-corrected chi connectivity index (χ3v) is 5.56. The number of hydrogen-bond acceptors (Lipinski definition) is 5. The van der Waals surface area contributed by atoms with Gasteiger partial charge in [0.05, 0.1) is 28.8 Å². The summed E-state index contributed by atoms with van der Waals surface area (Å²) >= 11 is 0. The number of rotatable bonds is 6. The Morgan fingerprint density at radius 1 is 0.800 bits per heavy atom. The number of carbonyl (C=O) groups is 1. The fourth-order valence-electron chi connectivity index (χ4n) is 3.87. The second-order valence-corrected chi connectivity index (χ2v) is 8.10. The van der Waals surface area contributed by atoms with Crippen LogP contribution in [-0.2, 0) is 0 Å². The molecule has 2 N–H and O–H groups in total. The Balaban J connectivity index is 1.34. The monoisotopic (exact) mass is 460 g/mol. The van der Waals surface area contributed by atoms with Crippen LogP contribution in [0.15, 0.2) is 97.2 Å². The van der Waals surface area contributed by atoms with Gasteiger partial charge >= 0.3 is 0 Å². The van der Waals surface area contributed by atoms with E-state index < -0.39 is 0 Å². The Labute approximate surface area is 203 Å². The summed E-state index contributed by atoms with van der Waals surface area (Å²) in [6.45, 7) is 3.75. The first kappa shape index (κ1) is 22.0. The van der Waals surface area contributed by atoms with Gasteiger partial charge in [0.2, 0.25) is 0 Å². The van der Waals surface area contributed by atoms with Gasteiger partial charge in [0.25, 0.3) is 5.91 Å². The molecule has 5 rings (SSSR count). The molecule has 0 aliphatic heterocycles. The van der Waals surface area contributed by atoms with E-state index in [0.29, 0.717) is 22.9 Å². The van der Waals surface area contributed by atoms with Crippen molar-refractivity contribution >= 4 is 23.1 Å². The molecule has 0 fully saturated rings. The number of anilines is 3. The van der Waals surface area contributed by atoms with Crippen LogP contribution >= 0.6 is 0 Å². The Hall–Kier alpha value is -4.78. The lowest BCUT2D eigenvalue weighted by Gasteiger charge is -2.11. The molecule has 0 unspecified atom stereocenters. The van der Waals surface area contributed by atoms with Crippen molar-refractivity contribution in [3.8, 4) is 16.9 Å². The summed E-state index contributed by atoms with van der Waals surface area (Å²) < 4.78 is 1.76. The van der Waals surface area contributed by atoms with E-state index in [9.17, 15) is 4.79 Å². The molecule has 0 saturated heterocycles. The topological polar surface area (TPSA) is 84.7 Å². The van der Waals surface area contributed by atoms with E-state index in [2.05, 4.69) is 25.7 Å². The van der Waals surface area contributed by atoms with Crippen LogP contribution in [0.3, 0.4) is 0 Å². The van der Waals surface area contributed by atoms with Gasteiger partial charge in [-0.05, 0) is 44.2 Å². The normalized spacial score (nSPS) is 10.7. The van der Waals surface area contributed by atoms with Crippen LogP contribution in [0.1, 0.15) is 21.9 Å². The van der Waals surface area contributed by atoms with E-state index >= 15 is 0 Å². The van der Waals surface area contributed by atoms with Gasteiger partial charge in [0.15, 0.2) is 0 Å². The fraction of sp³-hybridized carbons (Fsp3) is 0.0714. The summed E-state index contributed by atoms with van der Waals surface area (Å²) in [5, 5.41) is 10.7. The number of nitrogens with one attached hydrogen (secondary N) is 2. The van der Waals surface area contributed by atoms with Gasteiger partial charge in [-0.15, -0.1) is 0 Å². The van der Waals surface area contributed by atoms with Crippen LogP contribution in [0.5, 0.6) is 0 Å². The van der Waals surface area contributed by atoms with Crippen LogP contribution in [-0.4, -0.2) is 25.7 Å². The van der Waals surface area contributed by atoms with E-state index in [1.165, 1.54) is 0 Å². The molecule has 0 aliphatic carbocycles. The predicted octanol–water partition coefficient (Wildman–Crippen LogP) is 5.94. The zero-order chi connectivity index (χ0) is 24.2. The number of aryl methyl sites for hydroxylation is 1. The number of carbonyl (C=O) groups excluding carboxylic acids is 1. The maximum atomic E-state index is 13.0. The van der Waals surface area contributed by atoms with E-state index in [1.807, 2.05) is 105 Å². The van der Waals surface area contributed by atoms with Crippen molar-refractivity contribution < 1.29 is 4.79 Å². The summed E-state index contributed by atoms with van der Waals surface area (Å²) in [6.07, 6.45) is 1.59. The number of benzene rings is 3. The second-order valence-electron chi connectivity index (χ2n) is 8.10. The molecule has 2 heterocycles. The molecule has 35 heavy (non-hydrogen) atoms. The number of hydrogen-bond donors (Lipinski definition) is 2. The van der Waals surface area contributed by atoms with Gasteiger partial charge < -0.3 is 10.6 Å². The molecule has 0 radical (unpaired) electrons. The van der Waals surface area contributed by atoms with Gasteiger partial charge in [0, 0.05) is 23.0 Å². The SMILES string of the molecule is Cc1nc(Nc2cccc(NC(=O)c3cnn(-c4ccccc4)c3C)c2)cc(-c2ccccc2)n1. The number of aromatic nitrogens is 4. The van der Waals surface area contributed by atoms with E-state index in [4.69, 9.17) is 0 Å². The minimum absolute atomic E-state index is 0.217. The highest BCUT2D eigenvalue weighted by atomic mass is 16.1. The first-order valence-corrected chi connectivity index (χ1v) is 11.3. The maximum Gasteiger partial charge on any atom is 0.259 e. The maximum absolute atomic E-state index is 13.0. The minimum Gasteiger partial charge on any atom is -0.340 e. The van der Waals surface area contributed by atoms with Gasteiger partial charge in [-0.2, -0.15) is 5.10 Å². The molecule has 0 atom stereocenters. The quantitative estimate of drug-likeness (QED) is 0.327. The van der Waals surface area contributed by atoms with Crippen molar-refractivity contribution in [2.75, 3.05) is 10.6 Å². The molecule has 7 nitrogen and oxygen atoms in total. The third-order valence-electron chi connectivity index (χ3n) is 5.56. The third kappa shape index (κ3) is 4.94. The molecule has 2 aromatic heterocycles. The summed E-state index contributed by atoms with van der Waals surface area (Å²) in [6, 6.07) is 29.1. The minimum atomic E-state index is -0.217. The van der Waals surface area contributed by atoms with Gasteiger partial charge in [-0.1, -0.05) is 54.6 Å². The largest absolute Gasteiger partial charge is 0.340 e. The Kier molecular flexibility index (Phi) is 6.05. The number of nitrogens with zero attached hydrogens (tertiary/aromatic N) is 4. The molecule has 0 spiro atoms. The number of para-hydroxylation sites is 1. The Bertz CT molecular complexity index is 1480.